The van der Waals surface area contributed by atoms with Crippen LogP contribution in [0.4, 0.5) is 0 Å². The number of nitrogens with one attached hydrogen (secondary N) is 2. The predicted octanol–water partition coefficient (Wildman–Crippen LogP) is 4.80. The first-order valence-electron chi connectivity index (χ1n) is 15.7. The number of benzene rings is 1. The van der Waals surface area contributed by atoms with Crippen molar-refractivity contribution in [1.29, 1.82) is 0 Å². The van der Waals surface area contributed by atoms with E-state index < -0.39 is 0 Å². The van der Waals surface area contributed by atoms with Crippen LogP contribution in [-0.2, 0) is 22.4 Å². The lowest BCUT2D eigenvalue weighted by molar-refractivity contribution is -0.132. The monoisotopic (exact) mass is 610 g/mol. The minimum atomic E-state index is -0.0751. The molecule has 0 saturated carbocycles. The third-order valence-corrected chi connectivity index (χ3v) is 8.66. The number of pyridine rings is 2. The van der Waals surface area contributed by atoms with Gasteiger partial charge in [-0.05, 0) is 72.6 Å². The molecule has 2 amide bonds. The number of aromatic amines is 2. The Kier molecular flexibility index (Phi) is 8.37. The number of rotatable bonds is 7. The minimum absolute atomic E-state index is 0.0575. The summed E-state index contributed by atoms with van der Waals surface area (Å²) in [5.41, 5.74) is 5.31. The summed E-state index contributed by atoms with van der Waals surface area (Å²) in [6.07, 6.45) is 14.8. The van der Waals surface area contributed by atoms with Gasteiger partial charge in [0.1, 0.15) is 17.3 Å². The Labute approximate surface area is 267 Å². The zero-order chi connectivity index (χ0) is 31.3. The van der Waals surface area contributed by atoms with Crippen molar-refractivity contribution < 1.29 is 9.59 Å². The molecule has 5 aromatic rings. The van der Waals surface area contributed by atoms with Crippen LogP contribution in [0.3, 0.4) is 0 Å². The highest BCUT2D eigenvalue weighted by Gasteiger charge is 2.33. The van der Waals surface area contributed by atoms with Crippen LogP contribution in [-0.4, -0.2) is 64.6 Å². The van der Waals surface area contributed by atoms with Gasteiger partial charge in [0.05, 0.1) is 43.0 Å². The first-order valence-corrected chi connectivity index (χ1v) is 15.7. The number of nitrogens with zero attached hydrogens (tertiary/aromatic N) is 6. The highest BCUT2D eigenvalue weighted by Crippen LogP contribution is 2.33. The van der Waals surface area contributed by atoms with E-state index in [4.69, 9.17) is 0 Å². The van der Waals surface area contributed by atoms with Gasteiger partial charge in [0.2, 0.25) is 11.8 Å². The molecule has 6 heterocycles. The molecule has 2 fully saturated rings. The van der Waals surface area contributed by atoms with Gasteiger partial charge < -0.3 is 19.8 Å². The maximum Gasteiger partial charge on any atom is 0.227 e. The molecule has 4 aromatic heterocycles. The van der Waals surface area contributed by atoms with E-state index in [-0.39, 0.29) is 23.9 Å². The van der Waals surface area contributed by atoms with Gasteiger partial charge in [-0.15, -0.1) is 0 Å². The van der Waals surface area contributed by atoms with Crippen molar-refractivity contribution in [3.05, 3.63) is 120 Å². The summed E-state index contributed by atoms with van der Waals surface area (Å²) in [7, 11) is 0. The summed E-state index contributed by atoms with van der Waals surface area (Å²) >= 11 is 0. The minimum Gasteiger partial charge on any atom is -0.340 e. The van der Waals surface area contributed by atoms with Crippen LogP contribution in [0, 0.1) is 11.8 Å². The van der Waals surface area contributed by atoms with Crippen molar-refractivity contribution in [3.63, 3.8) is 0 Å². The Hall–Kier alpha value is -5.56. The van der Waals surface area contributed by atoms with Crippen molar-refractivity contribution in [3.8, 4) is 23.1 Å². The fourth-order valence-electron chi connectivity index (χ4n) is 6.35. The number of hydrogen-bond acceptors (Lipinski definition) is 6. The van der Waals surface area contributed by atoms with Crippen LogP contribution in [0.15, 0.2) is 85.7 Å². The molecule has 2 N–H and O–H groups in total. The standard InChI is InChI=1S/C36H34N8O2/c45-33(19-26-5-1-15-37-21-26)43-17-3-7-31(43)35-39-23-29(41-35)14-11-25-9-12-28(13-10-25)30-24-40-36(42-30)32-8-4-18-44(32)34(46)20-27-6-2-16-38-22-27/h1-2,5-6,9-10,12-13,15-16,21-24,31-32H,3-4,7-8,17-20H2,(H,39,41)(H,40,42)/t31-,32-/m0/s1. The lowest BCUT2D eigenvalue weighted by atomic mass is 10.1. The molecule has 230 valence electrons. The van der Waals surface area contributed by atoms with E-state index in [1.165, 1.54) is 0 Å². The van der Waals surface area contributed by atoms with Crippen molar-refractivity contribution in [1.82, 2.24) is 39.7 Å². The fraction of sp³-hybridized carbons (Fsp3) is 0.278. The molecule has 0 spiro atoms. The summed E-state index contributed by atoms with van der Waals surface area (Å²) in [6, 6.07) is 15.4. The SMILES string of the molecule is O=C(Cc1cccnc1)N1CCC[C@H]1c1ncc(C#Cc2ccc(-c3cnc([C@@H]4CCCN4C(=O)Cc4cccnc4)[nH]3)cc2)[nH]1. The van der Waals surface area contributed by atoms with Crippen LogP contribution in [0.25, 0.3) is 11.3 Å². The van der Waals surface area contributed by atoms with Crippen LogP contribution in [0.5, 0.6) is 0 Å². The summed E-state index contributed by atoms with van der Waals surface area (Å²) in [5.74, 6) is 8.15. The average Bonchev–Trinajstić information content (AvgIpc) is 3.91. The van der Waals surface area contributed by atoms with Gasteiger partial charge in [-0.3, -0.25) is 19.6 Å². The fourth-order valence-corrected chi connectivity index (χ4v) is 6.35. The van der Waals surface area contributed by atoms with E-state index in [2.05, 4.69) is 41.7 Å². The highest BCUT2D eigenvalue weighted by molar-refractivity contribution is 5.80. The first-order chi connectivity index (χ1) is 22.6. The quantitative estimate of drug-likeness (QED) is 0.255. The number of imidazole rings is 2. The second-order valence-electron chi connectivity index (χ2n) is 11.8. The Morgan fingerprint density at radius 3 is 1.89 bits per heavy atom. The van der Waals surface area contributed by atoms with Crippen LogP contribution < -0.4 is 0 Å². The lowest BCUT2D eigenvalue weighted by Crippen LogP contribution is -2.32. The zero-order valence-electron chi connectivity index (χ0n) is 25.4. The Balaban J connectivity index is 0.981. The smallest absolute Gasteiger partial charge is 0.227 e. The summed E-state index contributed by atoms with van der Waals surface area (Å²) < 4.78 is 0. The Morgan fingerprint density at radius 1 is 0.717 bits per heavy atom. The van der Waals surface area contributed by atoms with Crippen molar-refractivity contribution in [2.24, 2.45) is 0 Å². The van der Waals surface area contributed by atoms with E-state index in [9.17, 15) is 9.59 Å². The molecule has 2 atom stereocenters. The highest BCUT2D eigenvalue weighted by atomic mass is 16.2. The van der Waals surface area contributed by atoms with Gasteiger partial charge >= 0.3 is 0 Å². The lowest BCUT2D eigenvalue weighted by Gasteiger charge is -2.23. The molecule has 0 unspecified atom stereocenters. The molecule has 2 saturated heterocycles. The van der Waals surface area contributed by atoms with Gasteiger partial charge in [0.25, 0.3) is 0 Å². The van der Waals surface area contributed by atoms with Gasteiger partial charge in [-0.2, -0.15) is 0 Å². The number of hydrogen-bond donors (Lipinski definition) is 2. The van der Waals surface area contributed by atoms with E-state index >= 15 is 0 Å². The molecule has 2 aliphatic rings. The number of H-pyrrole nitrogens is 2. The molecule has 0 aliphatic carbocycles. The van der Waals surface area contributed by atoms with Gasteiger partial charge in [0, 0.05) is 43.4 Å². The van der Waals surface area contributed by atoms with Crippen LogP contribution >= 0.6 is 0 Å². The first kappa shape index (κ1) is 29.2. The molecule has 7 rings (SSSR count). The molecule has 10 heteroatoms. The average molecular weight is 611 g/mol. The van der Waals surface area contributed by atoms with E-state index in [0.717, 1.165) is 78.4 Å². The molecular formula is C36H34N8O2. The number of carbonyl (C=O) groups excluding carboxylic acids is 2. The number of amides is 2. The summed E-state index contributed by atoms with van der Waals surface area (Å²) in [6.45, 7) is 1.45. The maximum absolute atomic E-state index is 13.1. The van der Waals surface area contributed by atoms with E-state index in [1.807, 2.05) is 64.5 Å². The second kappa shape index (κ2) is 13.2. The number of aromatic nitrogens is 6. The Morgan fingerprint density at radius 2 is 1.30 bits per heavy atom. The van der Waals surface area contributed by atoms with Crippen molar-refractivity contribution in [2.45, 2.75) is 50.6 Å². The molecule has 2 aliphatic heterocycles. The molecule has 0 radical (unpaired) electrons. The number of likely N-dealkylation sites (tertiary alicyclic amines) is 2. The third kappa shape index (κ3) is 6.44. The molecule has 1 aromatic carbocycles. The Bertz CT molecular complexity index is 1870. The van der Waals surface area contributed by atoms with E-state index in [1.54, 1.807) is 31.0 Å². The van der Waals surface area contributed by atoms with Crippen LogP contribution in [0.2, 0.25) is 0 Å². The largest absolute Gasteiger partial charge is 0.340 e. The van der Waals surface area contributed by atoms with Gasteiger partial charge in [0.15, 0.2) is 0 Å². The van der Waals surface area contributed by atoms with E-state index in [0.29, 0.717) is 18.5 Å². The topological polar surface area (TPSA) is 124 Å². The molecular weight excluding hydrogens is 576 g/mol. The third-order valence-electron chi connectivity index (χ3n) is 8.66. The zero-order valence-corrected chi connectivity index (χ0v) is 25.4. The molecule has 10 nitrogen and oxygen atoms in total. The summed E-state index contributed by atoms with van der Waals surface area (Å²) in [5, 5.41) is 0. The van der Waals surface area contributed by atoms with Crippen molar-refractivity contribution in [2.75, 3.05) is 13.1 Å². The van der Waals surface area contributed by atoms with Crippen LogP contribution in [0.1, 0.15) is 71.8 Å². The van der Waals surface area contributed by atoms with Gasteiger partial charge in [-0.1, -0.05) is 30.2 Å². The molecule has 0 bridgehead atoms. The van der Waals surface area contributed by atoms with Crippen molar-refractivity contribution >= 4 is 11.8 Å². The number of carbonyl (C=O) groups is 2. The predicted molar refractivity (Wildman–Crippen MR) is 172 cm³/mol. The second-order valence-corrected chi connectivity index (χ2v) is 11.8. The maximum atomic E-state index is 13.1. The summed E-state index contributed by atoms with van der Waals surface area (Å²) in [4.78, 5) is 54.2. The molecule has 46 heavy (non-hydrogen) atoms. The van der Waals surface area contributed by atoms with Gasteiger partial charge in [-0.25, -0.2) is 9.97 Å². The normalized spacial score (nSPS) is 17.6.